The smallest absolute Gasteiger partial charge is 0.244 e. The third-order valence-electron chi connectivity index (χ3n) is 5.86. The second-order valence-corrected chi connectivity index (χ2v) is 8.27. The predicted molar refractivity (Wildman–Crippen MR) is 111 cm³/mol. The minimum atomic E-state index is -0.0106. The Hall–Kier alpha value is -2.41. The molecule has 7 nitrogen and oxygen atoms in total. The van der Waals surface area contributed by atoms with E-state index in [2.05, 4.69) is 10.00 Å². The number of Topliss-reactive ketones (excluding diaryl/α,β-unsaturated/α-hetero) is 1. The number of nitrogens with zero attached hydrogens (tertiary/aromatic N) is 4. The summed E-state index contributed by atoms with van der Waals surface area (Å²) in [4.78, 5) is 28.7. The average Bonchev–Trinajstić information content (AvgIpc) is 3.18. The molecule has 0 aliphatic carbocycles. The molecule has 0 saturated carbocycles. The van der Waals surface area contributed by atoms with Gasteiger partial charge in [-0.25, -0.2) is 0 Å². The van der Waals surface area contributed by atoms with Gasteiger partial charge in [-0.1, -0.05) is 0 Å². The summed E-state index contributed by atoms with van der Waals surface area (Å²) in [6.45, 7) is 11.0. The molecular weight excluding hydrogens is 368 g/mol. The molecule has 0 unspecified atom stereocenters. The first-order valence-electron chi connectivity index (χ1n) is 10.3. The molecule has 0 radical (unpaired) electrons. The van der Waals surface area contributed by atoms with Crippen LogP contribution in [0.2, 0.25) is 0 Å². The molecule has 0 spiro atoms. The van der Waals surface area contributed by atoms with Crippen LogP contribution in [0.1, 0.15) is 53.0 Å². The van der Waals surface area contributed by atoms with Crippen LogP contribution in [0, 0.1) is 26.7 Å². The van der Waals surface area contributed by atoms with Gasteiger partial charge >= 0.3 is 0 Å². The van der Waals surface area contributed by atoms with Gasteiger partial charge in [0.2, 0.25) is 5.91 Å². The van der Waals surface area contributed by atoms with Crippen molar-refractivity contribution < 1.29 is 14.0 Å². The van der Waals surface area contributed by atoms with Crippen LogP contribution in [0.5, 0.6) is 0 Å². The Labute approximate surface area is 172 Å². The van der Waals surface area contributed by atoms with Crippen molar-refractivity contribution in [3.05, 3.63) is 40.6 Å². The van der Waals surface area contributed by atoms with E-state index in [0.717, 1.165) is 56.2 Å². The molecule has 1 fully saturated rings. The van der Waals surface area contributed by atoms with Gasteiger partial charge in [-0.05, 0) is 71.7 Å². The average molecular weight is 401 g/mol. The molecule has 1 amide bonds. The van der Waals surface area contributed by atoms with E-state index >= 15 is 0 Å². The highest BCUT2D eigenvalue weighted by atomic mass is 16.3. The maximum Gasteiger partial charge on any atom is 0.244 e. The molecule has 0 N–H and O–H groups in total. The van der Waals surface area contributed by atoms with Crippen LogP contribution in [0.25, 0.3) is 0 Å². The zero-order valence-corrected chi connectivity index (χ0v) is 18.2. The molecule has 158 valence electrons. The van der Waals surface area contributed by atoms with Crippen LogP contribution in [0.3, 0.4) is 0 Å². The summed E-state index contributed by atoms with van der Waals surface area (Å²) in [5.41, 5.74) is 2.07. The Bertz CT molecular complexity index is 875. The molecule has 1 aliphatic rings. The lowest BCUT2D eigenvalue weighted by Gasteiger charge is -2.33. The highest BCUT2D eigenvalue weighted by Gasteiger charge is 2.24. The fourth-order valence-electron chi connectivity index (χ4n) is 4.22. The number of hydrogen-bond acceptors (Lipinski definition) is 5. The van der Waals surface area contributed by atoms with Crippen molar-refractivity contribution in [1.29, 1.82) is 0 Å². The third-order valence-corrected chi connectivity index (χ3v) is 5.86. The second-order valence-electron chi connectivity index (χ2n) is 8.27. The summed E-state index contributed by atoms with van der Waals surface area (Å²) in [6.07, 6.45) is 2.15. The molecule has 7 heteroatoms. The van der Waals surface area contributed by atoms with Crippen molar-refractivity contribution in [3.8, 4) is 0 Å². The van der Waals surface area contributed by atoms with E-state index in [1.807, 2.05) is 40.0 Å². The largest absolute Gasteiger partial charge is 0.465 e. The summed E-state index contributed by atoms with van der Waals surface area (Å²) < 4.78 is 7.33. The number of ketones is 1. The third kappa shape index (κ3) is 5.15. The van der Waals surface area contributed by atoms with E-state index in [-0.39, 0.29) is 18.2 Å². The number of furan rings is 1. The first kappa shape index (κ1) is 21.3. The number of likely N-dealkylation sites (tertiary alicyclic amines) is 1. The van der Waals surface area contributed by atoms with Gasteiger partial charge in [-0.2, -0.15) is 5.10 Å². The Morgan fingerprint density at radius 1 is 1.21 bits per heavy atom. The summed E-state index contributed by atoms with van der Waals surface area (Å²) in [6, 6.07) is 4.05. The Morgan fingerprint density at radius 2 is 1.90 bits per heavy atom. The number of likely N-dealkylation sites (N-methyl/N-ethyl adjacent to an activating group) is 1. The molecular formula is C22H32N4O3. The van der Waals surface area contributed by atoms with Crippen molar-refractivity contribution in [1.82, 2.24) is 19.6 Å². The van der Waals surface area contributed by atoms with Crippen molar-refractivity contribution >= 4 is 11.7 Å². The van der Waals surface area contributed by atoms with E-state index < -0.39 is 0 Å². The van der Waals surface area contributed by atoms with Crippen molar-refractivity contribution in [2.75, 3.05) is 26.7 Å². The molecule has 1 saturated heterocycles. The van der Waals surface area contributed by atoms with Gasteiger partial charge in [0.25, 0.3) is 0 Å². The van der Waals surface area contributed by atoms with Crippen molar-refractivity contribution in [2.45, 2.75) is 53.6 Å². The van der Waals surface area contributed by atoms with Crippen LogP contribution >= 0.6 is 0 Å². The number of carbonyl (C=O) groups excluding carboxylic acids is 2. The van der Waals surface area contributed by atoms with Crippen LogP contribution < -0.4 is 0 Å². The Morgan fingerprint density at radius 3 is 2.45 bits per heavy atom. The number of carbonyl (C=O) groups is 2. The molecule has 3 heterocycles. The van der Waals surface area contributed by atoms with Crippen molar-refractivity contribution in [2.24, 2.45) is 5.92 Å². The summed E-state index contributed by atoms with van der Waals surface area (Å²) in [5, 5.41) is 4.38. The van der Waals surface area contributed by atoms with Crippen molar-refractivity contribution in [3.63, 3.8) is 0 Å². The summed E-state index contributed by atoms with van der Waals surface area (Å²) in [5.74, 6) is 2.49. The fraction of sp³-hybridized carbons (Fsp3) is 0.591. The number of aromatic nitrogens is 2. The molecule has 2 aromatic rings. The van der Waals surface area contributed by atoms with E-state index in [1.54, 1.807) is 9.58 Å². The van der Waals surface area contributed by atoms with Gasteiger partial charge in [0.05, 0.1) is 17.8 Å². The molecule has 0 atom stereocenters. The van der Waals surface area contributed by atoms with Crippen LogP contribution in [0.4, 0.5) is 0 Å². The minimum Gasteiger partial charge on any atom is -0.465 e. The van der Waals surface area contributed by atoms with E-state index in [4.69, 9.17) is 4.42 Å². The van der Waals surface area contributed by atoms with Gasteiger partial charge in [-0.15, -0.1) is 0 Å². The van der Waals surface area contributed by atoms with Crippen LogP contribution in [-0.2, 0) is 17.9 Å². The highest BCUT2D eigenvalue weighted by Crippen LogP contribution is 2.21. The maximum atomic E-state index is 12.7. The van der Waals surface area contributed by atoms with Gasteiger partial charge in [-0.3, -0.25) is 19.2 Å². The normalized spacial score (nSPS) is 15.6. The van der Waals surface area contributed by atoms with Crippen LogP contribution in [-0.4, -0.2) is 58.0 Å². The molecule has 1 aliphatic heterocycles. The number of piperidine rings is 1. The number of aryl methyl sites for hydroxylation is 2. The van der Waals surface area contributed by atoms with E-state index in [1.165, 1.54) is 6.92 Å². The van der Waals surface area contributed by atoms with E-state index in [0.29, 0.717) is 17.2 Å². The Kier molecular flexibility index (Phi) is 6.57. The molecule has 0 aromatic carbocycles. The number of amides is 1. The lowest BCUT2D eigenvalue weighted by Crippen LogP contribution is -2.40. The monoisotopic (exact) mass is 400 g/mol. The topological polar surface area (TPSA) is 71.6 Å². The van der Waals surface area contributed by atoms with Gasteiger partial charge in [0, 0.05) is 19.3 Å². The summed E-state index contributed by atoms with van der Waals surface area (Å²) >= 11 is 0. The quantitative estimate of drug-likeness (QED) is 0.668. The SMILES string of the molecule is CC(=O)c1c(C)nn(CC(=O)N(C)CC2CCN(Cc3ccc(C)o3)CC2)c1C. The minimum absolute atomic E-state index is 0.0106. The molecule has 3 rings (SSSR count). The highest BCUT2D eigenvalue weighted by molar-refractivity contribution is 5.96. The van der Waals surface area contributed by atoms with E-state index in [9.17, 15) is 9.59 Å². The molecule has 29 heavy (non-hydrogen) atoms. The van der Waals surface area contributed by atoms with Gasteiger partial charge < -0.3 is 9.32 Å². The predicted octanol–water partition coefficient (Wildman–Crippen LogP) is 2.97. The van der Waals surface area contributed by atoms with Gasteiger partial charge in [0.15, 0.2) is 5.78 Å². The number of hydrogen-bond donors (Lipinski definition) is 0. The van der Waals surface area contributed by atoms with Gasteiger partial charge in [0.1, 0.15) is 18.1 Å². The fourth-order valence-corrected chi connectivity index (χ4v) is 4.22. The first-order chi connectivity index (χ1) is 13.7. The lowest BCUT2D eigenvalue weighted by atomic mass is 9.96. The lowest BCUT2D eigenvalue weighted by molar-refractivity contribution is -0.131. The standard InChI is InChI=1S/C22H32N4O3/c1-15-6-7-20(29-15)13-25-10-8-19(9-11-25)12-24(5)21(28)14-26-17(3)22(18(4)27)16(2)23-26/h6-7,19H,8-14H2,1-5H3. The number of rotatable bonds is 7. The summed E-state index contributed by atoms with van der Waals surface area (Å²) in [7, 11) is 1.86. The zero-order chi connectivity index (χ0) is 21.1. The van der Waals surface area contributed by atoms with Crippen LogP contribution in [0.15, 0.2) is 16.5 Å². The maximum absolute atomic E-state index is 12.7. The first-order valence-corrected chi connectivity index (χ1v) is 10.3. The second kappa shape index (κ2) is 8.95. The zero-order valence-electron chi connectivity index (χ0n) is 18.2. The Balaban J connectivity index is 1.48. The molecule has 2 aromatic heterocycles. The molecule has 0 bridgehead atoms.